The first kappa shape index (κ1) is 13.4. The fourth-order valence-electron chi connectivity index (χ4n) is 2.21. The number of thiophene rings is 1. The lowest BCUT2D eigenvalue weighted by molar-refractivity contribution is 0.436. The lowest BCUT2D eigenvalue weighted by Gasteiger charge is -1.91. The molecule has 0 amide bonds. The van der Waals surface area contributed by atoms with Crippen LogP contribution in [0.3, 0.4) is 0 Å². The Morgan fingerprint density at radius 1 is 1.04 bits per heavy atom. The quantitative estimate of drug-likeness (QED) is 0.621. The molecule has 0 fully saturated rings. The van der Waals surface area contributed by atoms with E-state index in [4.69, 9.17) is 9.78 Å². The number of nitrogens with zero attached hydrogens (tertiary/aromatic N) is 4. The van der Waals surface area contributed by atoms with Gasteiger partial charge < -0.3 is 4.52 Å². The van der Waals surface area contributed by atoms with Crippen molar-refractivity contribution in [1.82, 2.24) is 20.6 Å². The third-order valence-electron chi connectivity index (χ3n) is 3.32. The third kappa shape index (κ3) is 2.41. The molecule has 1 aromatic carbocycles. The molecule has 4 aromatic rings. The molecule has 0 bridgehead atoms. The van der Waals surface area contributed by atoms with Crippen molar-refractivity contribution in [1.29, 1.82) is 5.26 Å². The molecule has 0 saturated carbocycles. The summed E-state index contributed by atoms with van der Waals surface area (Å²) in [5, 5.41) is 23.4. The second-order valence-electron chi connectivity index (χ2n) is 4.74. The number of aromatic amines is 1. The Morgan fingerprint density at radius 2 is 1.87 bits per heavy atom. The van der Waals surface area contributed by atoms with E-state index in [-0.39, 0.29) is 5.69 Å². The van der Waals surface area contributed by atoms with Crippen LogP contribution in [0.4, 0.5) is 0 Å². The Hall–Kier alpha value is -3.24. The molecule has 7 heteroatoms. The number of hydrogen-bond donors (Lipinski definition) is 1. The Morgan fingerprint density at radius 3 is 2.70 bits per heavy atom. The summed E-state index contributed by atoms with van der Waals surface area (Å²) in [5.74, 6) is 0.683. The van der Waals surface area contributed by atoms with Crippen molar-refractivity contribution < 1.29 is 4.52 Å². The van der Waals surface area contributed by atoms with E-state index in [0.29, 0.717) is 11.5 Å². The fourth-order valence-corrected chi connectivity index (χ4v) is 3.16. The summed E-state index contributed by atoms with van der Waals surface area (Å²) in [7, 11) is 0. The zero-order valence-corrected chi connectivity index (χ0v) is 12.5. The van der Waals surface area contributed by atoms with Gasteiger partial charge in [-0.3, -0.25) is 0 Å². The van der Waals surface area contributed by atoms with E-state index < -0.39 is 0 Å². The Bertz CT molecular complexity index is 993. The number of rotatable bonds is 3. The van der Waals surface area contributed by atoms with Crippen LogP contribution < -0.4 is 0 Å². The lowest BCUT2D eigenvalue weighted by atomic mass is 10.1. The van der Waals surface area contributed by atoms with Crippen molar-refractivity contribution in [3.8, 4) is 38.5 Å². The van der Waals surface area contributed by atoms with Gasteiger partial charge in [0.2, 0.25) is 0 Å². The van der Waals surface area contributed by atoms with Crippen LogP contribution in [-0.4, -0.2) is 20.6 Å². The topological polar surface area (TPSA) is 91.4 Å². The highest BCUT2D eigenvalue weighted by molar-refractivity contribution is 7.18. The predicted molar refractivity (Wildman–Crippen MR) is 85.3 cm³/mol. The summed E-state index contributed by atoms with van der Waals surface area (Å²) in [6.45, 7) is 0. The van der Waals surface area contributed by atoms with Crippen molar-refractivity contribution in [2.24, 2.45) is 0 Å². The van der Waals surface area contributed by atoms with Crippen LogP contribution in [0.2, 0.25) is 0 Å². The van der Waals surface area contributed by atoms with Gasteiger partial charge in [0.05, 0.1) is 9.75 Å². The number of aromatic nitrogens is 4. The van der Waals surface area contributed by atoms with Gasteiger partial charge in [0.15, 0.2) is 11.5 Å². The minimum Gasteiger partial charge on any atom is -0.355 e. The number of nitrogens with one attached hydrogen (secondary N) is 1. The molecule has 0 saturated heterocycles. The summed E-state index contributed by atoms with van der Waals surface area (Å²) in [4.78, 5) is 1.77. The van der Waals surface area contributed by atoms with Crippen molar-refractivity contribution >= 4 is 11.3 Å². The Kier molecular flexibility index (Phi) is 3.22. The van der Waals surface area contributed by atoms with E-state index in [9.17, 15) is 0 Å². The average molecular weight is 319 g/mol. The predicted octanol–water partition coefficient (Wildman–Crippen LogP) is 3.73. The molecule has 3 heterocycles. The summed E-state index contributed by atoms with van der Waals surface area (Å²) >= 11 is 1.47. The van der Waals surface area contributed by atoms with E-state index in [1.165, 1.54) is 11.3 Å². The molecular formula is C16H9N5OS. The van der Waals surface area contributed by atoms with Crippen LogP contribution in [0.15, 0.2) is 53.1 Å². The maximum Gasteiger partial charge on any atom is 0.191 e. The fraction of sp³-hybridized carbons (Fsp3) is 0. The minimum absolute atomic E-state index is 0.279. The van der Waals surface area contributed by atoms with Crippen LogP contribution in [0.5, 0.6) is 0 Å². The maximum absolute atomic E-state index is 9.03. The monoisotopic (exact) mass is 319 g/mol. The first-order valence-electron chi connectivity index (χ1n) is 6.79. The van der Waals surface area contributed by atoms with Crippen LogP contribution >= 0.6 is 11.3 Å². The van der Waals surface area contributed by atoms with Gasteiger partial charge in [-0.2, -0.15) is 15.6 Å². The molecular weight excluding hydrogens is 310 g/mol. The van der Waals surface area contributed by atoms with E-state index in [2.05, 4.69) is 20.6 Å². The average Bonchev–Trinajstić information content (AvgIpc) is 3.33. The van der Waals surface area contributed by atoms with Gasteiger partial charge in [-0.25, -0.2) is 0 Å². The first-order chi connectivity index (χ1) is 11.3. The summed E-state index contributed by atoms with van der Waals surface area (Å²) in [5.41, 5.74) is 2.62. The van der Waals surface area contributed by atoms with Crippen LogP contribution in [0.1, 0.15) is 5.69 Å². The van der Waals surface area contributed by atoms with Crippen LogP contribution in [-0.2, 0) is 0 Å². The first-order valence-corrected chi connectivity index (χ1v) is 7.60. The van der Waals surface area contributed by atoms with E-state index >= 15 is 0 Å². The molecule has 3 aromatic heterocycles. The van der Waals surface area contributed by atoms with Crippen LogP contribution in [0.25, 0.3) is 32.5 Å². The van der Waals surface area contributed by atoms with Gasteiger partial charge in [-0.05, 0) is 12.1 Å². The molecule has 0 atom stereocenters. The highest BCUT2D eigenvalue weighted by atomic mass is 32.1. The number of benzene rings is 1. The molecule has 0 aliphatic rings. The summed E-state index contributed by atoms with van der Waals surface area (Å²) in [6.07, 6.45) is 0. The van der Waals surface area contributed by atoms with E-state index in [1.54, 1.807) is 0 Å². The van der Waals surface area contributed by atoms with Gasteiger partial charge in [0.25, 0.3) is 0 Å². The molecule has 110 valence electrons. The standard InChI is InChI=1S/C16H9N5OS/c17-9-12-16(19-21-18-12)15-7-6-14(23-15)13-8-11(20-22-13)10-4-2-1-3-5-10/h1-8H,(H,18,19,21). The van der Waals surface area contributed by atoms with E-state index in [0.717, 1.165) is 21.0 Å². The van der Waals surface area contributed by atoms with Gasteiger partial charge >= 0.3 is 0 Å². The number of H-pyrrole nitrogens is 1. The van der Waals surface area contributed by atoms with Gasteiger partial charge in [-0.1, -0.05) is 35.5 Å². The SMILES string of the molecule is N#Cc1n[nH]nc1-c1ccc(-c2cc(-c3ccccc3)no2)s1. The summed E-state index contributed by atoms with van der Waals surface area (Å²) < 4.78 is 5.44. The third-order valence-corrected chi connectivity index (χ3v) is 4.42. The highest BCUT2D eigenvalue weighted by Gasteiger charge is 2.15. The van der Waals surface area contributed by atoms with E-state index in [1.807, 2.05) is 54.6 Å². The van der Waals surface area contributed by atoms with Gasteiger partial charge in [-0.15, -0.1) is 16.4 Å². The largest absolute Gasteiger partial charge is 0.355 e. The second-order valence-corrected chi connectivity index (χ2v) is 5.82. The molecule has 0 aliphatic heterocycles. The molecule has 0 radical (unpaired) electrons. The lowest BCUT2D eigenvalue weighted by Crippen LogP contribution is -1.77. The number of hydrogen-bond acceptors (Lipinski definition) is 6. The van der Waals surface area contributed by atoms with Crippen molar-refractivity contribution in [2.45, 2.75) is 0 Å². The van der Waals surface area contributed by atoms with Crippen molar-refractivity contribution in [3.63, 3.8) is 0 Å². The Labute approximate surface area is 135 Å². The molecule has 1 N–H and O–H groups in total. The van der Waals surface area contributed by atoms with Crippen molar-refractivity contribution in [2.75, 3.05) is 0 Å². The maximum atomic E-state index is 9.03. The van der Waals surface area contributed by atoms with Gasteiger partial charge in [0.1, 0.15) is 17.5 Å². The highest BCUT2D eigenvalue weighted by Crippen LogP contribution is 2.35. The smallest absolute Gasteiger partial charge is 0.191 e. The normalized spacial score (nSPS) is 10.6. The zero-order chi connectivity index (χ0) is 15.6. The molecule has 23 heavy (non-hydrogen) atoms. The second kappa shape index (κ2) is 5.51. The molecule has 0 aliphatic carbocycles. The molecule has 4 rings (SSSR count). The molecule has 0 unspecified atom stereocenters. The summed E-state index contributed by atoms with van der Waals surface area (Å²) in [6, 6.07) is 17.6. The molecule has 6 nitrogen and oxygen atoms in total. The zero-order valence-electron chi connectivity index (χ0n) is 11.7. The van der Waals surface area contributed by atoms with Crippen molar-refractivity contribution in [3.05, 3.63) is 54.2 Å². The van der Waals surface area contributed by atoms with Gasteiger partial charge in [0, 0.05) is 11.6 Å². The minimum atomic E-state index is 0.279. The Balaban J connectivity index is 1.68. The number of nitriles is 1. The molecule has 0 spiro atoms. The van der Waals surface area contributed by atoms with Crippen LogP contribution in [0, 0.1) is 11.3 Å².